The minimum absolute atomic E-state index is 0.100. The Morgan fingerprint density at radius 2 is 2.20 bits per heavy atom. The van der Waals surface area contributed by atoms with Crippen LogP contribution in [0.5, 0.6) is 0 Å². The Hall–Kier alpha value is -2.47. The zero-order valence-corrected chi connectivity index (χ0v) is 14.6. The molecule has 0 unspecified atom stereocenters. The average molecular weight is 337 g/mol. The van der Waals surface area contributed by atoms with Crippen LogP contribution in [0.1, 0.15) is 49.0 Å². The molecule has 0 saturated carbocycles. The lowest BCUT2D eigenvalue weighted by atomic mass is 9.96. The van der Waals surface area contributed by atoms with Gasteiger partial charge >= 0.3 is 0 Å². The summed E-state index contributed by atoms with van der Waals surface area (Å²) in [7, 11) is 0. The number of aromatic amines is 1. The van der Waals surface area contributed by atoms with Crippen molar-refractivity contribution in [3.63, 3.8) is 0 Å². The Morgan fingerprint density at radius 1 is 1.32 bits per heavy atom. The summed E-state index contributed by atoms with van der Waals surface area (Å²) in [6, 6.07) is 8.21. The van der Waals surface area contributed by atoms with Gasteiger partial charge in [-0.3, -0.25) is 4.90 Å². The maximum absolute atomic E-state index is 5.59. The molecule has 1 aliphatic rings. The number of hydrogen-bond donors (Lipinski definition) is 1. The van der Waals surface area contributed by atoms with Crippen LogP contribution in [0.25, 0.3) is 11.4 Å². The first kappa shape index (κ1) is 16.0. The summed E-state index contributed by atoms with van der Waals surface area (Å²) >= 11 is 0. The third-order valence-electron chi connectivity index (χ3n) is 5.09. The van der Waals surface area contributed by atoms with Crippen LogP contribution in [0.4, 0.5) is 0 Å². The molecule has 6 heteroatoms. The monoisotopic (exact) mass is 337 g/mol. The topological polar surface area (TPSA) is 70.8 Å². The van der Waals surface area contributed by atoms with Gasteiger partial charge < -0.3 is 9.51 Å². The fourth-order valence-electron chi connectivity index (χ4n) is 3.58. The van der Waals surface area contributed by atoms with Gasteiger partial charge in [-0.05, 0) is 38.8 Å². The van der Waals surface area contributed by atoms with E-state index in [1.807, 2.05) is 30.6 Å². The van der Waals surface area contributed by atoms with Gasteiger partial charge in [0, 0.05) is 30.4 Å². The van der Waals surface area contributed by atoms with Crippen LogP contribution < -0.4 is 0 Å². The lowest BCUT2D eigenvalue weighted by Gasteiger charge is -2.34. The van der Waals surface area contributed by atoms with E-state index in [0.29, 0.717) is 17.6 Å². The zero-order valence-electron chi connectivity index (χ0n) is 14.6. The van der Waals surface area contributed by atoms with Gasteiger partial charge in [-0.15, -0.1) is 0 Å². The minimum atomic E-state index is 0.100. The average Bonchev–Trinajstić information content (AvgIpc) is 3.34. The third-order valence-corrected chi connectivity index (χ3v) is 5.09. The molecule has 0 bridgehead atoms. The molecule has 0 spiro atoms. The fourth-order valence-corrected chi connectivity index (χ4v) is 3.58. The zero-order chi connectivity index (χ0) is 17.2. The summed E-state index contributed by atoms with van der Waals surface area (Å²) < 4.78 is 5.59. The van der Waals surface area contributed by atoms with Gasteiger partial charge in [-0.1, -0.05) is 29.4 Å². The lowest BCUT2D eigenvalue weighted by Crippen LogP contribution is -2.36. The Morgan fingerprint density at radius 3 is 3.00 bits per heavy atom. The molecule has 130 valence electrons. The van der Waals surface area contributed by atoms with E-state index in [1.165, 1.54) is 0 Å². The number of likely N-dealkylation sites (tertiary alicyclic amines) is 1. The fraction of sp³-hybridized carbons (Fsp3) is 0.421. The molecule has 1 fully saturated rings. The highest BCUT2D eigenvalue weighted by atomic mass is 16.5. The van der Waals surface area contributed by atoms with Crippen LogP contribution in [-0.4, -0.2) is 38.1 Å². The van der Waals surface area contributed by atoms with Crippen molar-refractivity contribution in [2.24, 2.45) is 0 Å². The predicted octanol–water partition coefficient (Wildman–Crippen LogP) is 3.71. The van der Waals surface area contributed by atoms with E-state index < -0.39 is 0 Å². The highest BCUT2D eigenvalue weighted by Gasteiger charge is 2.29. The molecular weight excluding hydrogens is 314 g/mol. The van der Waals surface area contributed by atoms with E-state index in [0.717, 1.165) is 42.9 Å². The Labute approximate surface area is 147 Å². The maximum atomic E-state index is 5.59. The number of hydrogen-bond acceptors (Lipinski definition) is 5. The summed E-state index contributed by atoms with van der Waals surface area (Å²) in [4.78, 5) is 14.7. The molecular formula is C19H23N5O. The second kappa shape index (κ2) is 6.80. The molecule has 1 aromatic carbocycles. The maximum Gasteiger partial charge on any atom is 0.244 e. The van der Waals surface area contributed by atoms with Gasteiger partial charge in [-0.25, -0.2) is 4.98 Å². The molecule has 2 atom stereocenters. The van der Waals surface area contributed by atoms with Crippen molar-refractivity contribution >= 4 is 0 Å². The number of imidazole rings is 1. The molecule has 1 saturated heterocycles. The van der Waals surface area contributed by atoms with E-state index in [4.69, 9.17) is 4.52 Å². The van der Waals surface area contributed by atoms with E-state index in [2.05, 4.69) is 44.9 Å². The van der Waals surface area contributed by atoms with E-state index in [-0.39, 0.29) is 6.04 Å². The first-order valence-electron chi connectivity index (χ1n) is 8.85. The van der Waals surface area contributed by atoms with E-state index in [9.17, 15) is 0 Å². The summed E-state index contributed by atoms with van der Waals surface area (Å²) in [6.07, 6.45) is 6.03. The highest BCUT2D eigenvalue weighted by molar-refractivity contribution is 5.58. The van der Waals surface area contributed by atoms with Crippen LogP contribution in [-0.2, 0) is 0 Å². The second-order valence-electron chi connectivity index (χ2n) is 6.76. The van der Waals surface area contributed by atoms with Crippen LogP contribution in [0, 0.1) is 6.92 Å². The third kappa shape index (κ3) is 3.22. The SMILES string of the molecule is Cc1ccccc1-c1noc([C@@H](C)N2CCC[C@H](c3ncc[nH]3)C2)n1. The number of nitrogens with zero attached hydrogens (tertiary/aromatic N) is 4. The molecule has 1 aliphatic heterocycles. The molecule has 0 aliphatic carbocycles. The number of H-pyrrole nitrogens is 1. The standard InChI is InChI=1S/C19H23N5O/c1-13-6-3-4-8-16(13)18-22-19(25-23-18)14(2)24-11-5-7-15(12-24)17-20-9-10-21-17/h3-4,6,8-10,14-15H,5,7,11-12H2,1-2H3,(H,20,21)/t14-,15+/m1/s1. The summed E-state index contributed by atoms with van der Waals surface area (Å²) in [5, 5.41) is 4.20. The van der Waals surface area contributed by atoms with Crippen molar-refractivity contribution in [3.05, 3.63) is 53.9 Å². The summed E-state index contributed by atoms with van der Waals surface area (Å²) in [5.41, 5.74) is 2.18. The summed E-state index contributed by atoms with van der Waals surface area (Å²) in [6.45, 7) is 6.20. The highest BCUT2D eigenvalue weighted by Crippen LogP contribution is 2.31. The Bertz CT molecular complexity index is 826. The van der Waals surface area contributed by atoms with Gasteiger partial charge in [-0.2, -0.15) is 4.98 Å². The molecule has 4 rings (SSSR count). The Kier molecular flexibility index (Phi) is 4.36. The van der Waals surface area contributed by atoms with Crippen molar-refractivity contribution in [2.75, 3.05) is 13.1 Å². The van der Waals surface area contributed by atoms with E-state index >= 15 is 0 Å². The molecule has 0 radical (unpaired) electrons. The van der Waals surface area contributed by atoms with Gasteiger partial charge in [0.05, 0.1) is 6.04 Å². The number of rotatable bonds is 4. The molecule has 1 N–H and O–H groups in total. The van der Waals surface area contributed by atoms with Gasteiger partial charge in [0.15, 0.2) is 0 Å². The molecule has 0 amide bonds. The quantitative estimate of drug-likeness (QED) is 0.786. The van der Waals surface area contributed by atoms with Crippen molar-refractivity contribution < 1.29 is 4.52 Å². The van der Waals surface area contributed by atoms with Crippen LogP contribution in [0.2, 0.25) is 0 Å². The predicted molar refractivity (Wildman–Crippen MR) is 95.0 cm³/mol. The van der Waals surface area contributed by atoms with Crippen molar-refractivity contribution in [1.29, 1.82) is 0 Å². The van der Waals surface area contributed by atoms with E-state index in [1.54, 1.807) is 0 Å². The first-order chi connectivity index (χ1) is 12.2. The molecule has 25 heavy (non-hydrogen) atoms. The number of aromatic nitrogens is 4. The molecule has 3 aromatic rings. The molecule has 2 aromatic heterocycles. The van der Waals surface area contributed by atoms with Crippen molar-refractivity contribution in [1.82, 2.24) is 25.0 Å². The molecule has 3 heterocycles. The van der Waals surface area contributed by atoms with Crippen LogP contribution >= 0.6 is 0 Å². The molecule has 6 nitrogen and oxygen atoms in total. The van der Waals surface area contributed by atoms with Crippen LogP contribution in [0.15, 0.2) is 41.2 Å². The number of piperidine rings is 1. The number of nitrogens with one attached hydrogen (secondary N) is 1. The van der Waals surface area contributed by atoms with Gasteiger partial charge in [0.1, 0.15) is 5.82 Å². The normalized spacial score (nSPS) is 19.8. The Balaban J connectivity index is 1.51. The van der Waals surface area contributed by atoms with Crippen molar-refractivity contribution in [2.45, 2.75) is 38.6 Å². The lowest BCUT2D eigenvalue weighted by molar-refractivity contribution is 0.131. The number of aryl methyl sites for hydroxylation is 1. The summed E-state index contributed by atoms with van der Waals surface area (Å²) in [5.74, 6) is 2.85. The largest absolute Gasteiger partial charge is 0.348 e. The van der Waals surface area contributed by atoms with Crippen molar-refractivity contribution in [3.8, 4) is 11.4 Å². The first-order valence-corrected chi connectivity index (χ1v) is 8.85. The second-order valence-corrected chi connectivity index (χ2v) is 6.76. The van der Waals surface area contributed by atoms with Gasteiger partial charge in [0.25, 0.3) is 0 Å². The minimum Gasteiger partial charge on any atom is -0.348 e. The smallest absolute Gasteiger partial charge is 0.244 e. The van der Waals surface area contributed by atoms with Crippen LogP contribution in [0.3, 0.4) is 0 Å². The number of benzene rings is 1. The van der Waals surface area contributed by atoms with Gasteiger partial charge in [0.2, 0.25) is 11.7 Å².